The predicted molar refractivity (Wildman–Crippen MR) is 65.5 cm³/mol. The number of rotatable bonds is 4. The number of ketones is 1. The molecule has 1 aliphatic carbocycles. The maximum Gasteiger partial charge on any atom is 0.363 e. The second kappa shape index (κ2) is 6.45. The van der Waals surface area contributed by atoms with E-state index in [1.807, 2.05) is 0 Å². The number of aliphatic hydroxyl groups excluding tert-OH is 2. The van der Waals surface area contributed by atoms with E-state index in [0.717, 1.165) is 0 Å². The fraction of sp³-hybridized carbons (Fsp3) is 0.692. The minimum Gasteiger partial charge on any atom is -0.459 e. The van der Waals surface area contributed by atoms with Gasteiger partial charge in [-0.1, -0.05) is 6.08 Å². The molecule has 4 atom stereocenters. The lowest BCUT2D eigenvalue weighted by Gasteiger charge is -2.26. The van der Waals surface area contributed by atoms with Crippen LogP contribution in [0.2, 0.25) is 0 Å². The van der Waals surface area contributed by atoms with E-state index >= 15 is 0 Å². The van der Waals surface area contributed by atoms with Crippen molar-refractivity contribution in [3.05, 3.63) is 11.6 Å². The van der Waals surface area contributed by atoms with Crippen molar-refractivity contribution in [1.82, 2.24) is 0 Å². The van der Waals surface area contributed by atoms with Gasteiger partial charge in [0.05, 0.1) is 19.3 Å². The van der Waals surface area contributed by atoms with Gasteiger partial charge in [-0.3, -0.25) is 4.79 Å². The number of aliphatic hydroxyl groups is 2. The van der Waals surface area contributed by atoms with Gasteiger partial charge in [0.1, 0.15) is 12.7 Å². The van der Waals surface area contributed by atoms with Crippen molar-refractivity contribution in [2.45, 2.75) is 31.8 Å². The van der Waals surface area contributed by atoms with Gasteiger partial charge in [-0.05, 0) is 18.9 Å². The molecule has 2 rings (SSSR count). The molecule has 1 heterocycles. The monoisotopic (exact) mass is 286 g/mol. The van der Waals surface area contributed by atoms with E-state index in [1.165, 1.54) is 0 Å². The van der Waals surface area contributed by atoms with E-state index in [-0.39, 0.29) is 37.9 Å². The van der Waals surface area contributed by atoms with Crippen LogP contribution < -0.4 is 0 Å². The van der Waals surface area contributed by atoms with Gasteiger partial charge in [0.15, 0.2) is 5.78 Å². The van der Waals surface area contributed by atoms with Crippen molar-refractivity contribution >= 4 is 11.8 Å². The van der Waals surface area contributed by atoms with E-state index < -0.39 is 24.5 Å². The molecule has 0 radical (unpaired) electrons. The Morgan fingerprint density at radius 3 is 2.95 bits per heavy atom. The van der Waals surface area contributed by atoms with Crippen LogP contribution in [0.25, 0.3) is 0 Å². The number of hydrogen-bond acceptors (Lipinski definition) is 7. The molecule has 7 nitrogen and oxygen atoms in total. The highest BCUT2D eigenvalue weighted by Gasteiger charge is 2.39. The van der Waals surface area contributed by atoms with E-state index in [2.05, 4.69) is 0 Å². The first-order valence-electron chi connectivity index (χ1n) is 6.48. The number of carbonyl (C=O) groups is 2. The molecule has 1 saturated heterocycles. The van der Waals surface area contributed by atoms with Crippen LogP contribution in [0, 0.1) is 5.92 Å². The molecule has 112 valence electrons. The highest BCUT2D eigenvalue weighted by Crippen LogP contribution is 2.29. The lowest BCUT2D eigenvalue weighted by atomic mass is 9.85. The van der Waals surface area contributed by atoms with Crippen molar-refractivity contribution in [2.24, 2.45) is 5.92 Å². The molecule has 0 aromatic carbocycles. The number of hydrogen-bond donors (Lipinski definition) is 2. The van der Waals surface area contributed by atoms with E-state index in [4.69, 9.17) is 19.3 Å². The zero-order valence-electron chi connectivity index (χ0n) is 11.2. The maximum absolute atomic E-state index is 11.5. The molecule has 20 heavy (non-hydrogen) atoms. The smallest absolute Gasteiger partial charge is 0.363 e. The van der Waals surface area contributed by atoms with Gasteiger partial charge in [0.25, 0.3) is 6.29 Å². The lowest BCUT2D eigenvalue weighted by Crippen LogP contribution is -2.35. The normalized spacial score (nSPS) is 34.0. The highest BCUT2D eigenvalue weighted by atomic mass is 16.7. The molecule has 0 spiro atoms. The minimum absolute atomic E-state index is 0.109. The van der Waals surface area contributed by atoms with E-state index in [0.29, 0.717) is 5.57 Å². The van der Waals surface area contributed by atoms with Crippen LogP contribution in [0.15, 0.2) is 11.6 Å². The van der Waals surface area contributed by atoms with Crippen molar-refractivity contribution in [2.75, 3.05) is 19.8 Å². The van der Waals surface area contributed by atoms with Gasteiger partial charge < -0.3 is 24.4 Å². The van der Waals surface area contributed by atoms with Gasteiger partial charge in [-0.15, -0.1) is 0 Å². The standard InChI is InChI=1S/C13H18O7/c1-7-4-8(5-9(15)11(7)16)10-6-19-13(20-10)12(17)18-3-2-14/h4,8-10,13-15H,2-3,5-6H2,1H3/t8-,9+,10-,13-/m1/s1. The summed E-state index contributed by atoms with van der Waals surface area (Å²) in [6.07, 6.45) is -0.559. The molecule has 7 heteroatoms. The molecule has 2 N–H and O–H groups in total. The summed E-state index contributed by atoms with van der Waals surface area (Å²) in [6, 6.07) is 0. The Bertz CT molecular complexity index is 417. The third-order valence-electron chi connectivity index (χ3n) is 3.37. The third kappa shape index (κ3) is 3.24. The summed E-state index contributed by atoms with van der Waals surface area (Å²) in [5, 5.41) is 18.2. The minimum atomic E-state index is -1.12. The fourth-order valence-electron chi connectivity index (χ4n) is 2.34. The molecular weight excluding hydrogens is 268 g/mol. The summed E-state index contributed by atoms with van der Waals surface area (Å²) in [7, 11) is 0. The zero-order valence-corrected chi connectivity index (χ0v) is 11.2. The van der Waals surface area contributed by atoms with Gasteiger partial charge >= 0.3 is 5.97 Å². The number of ether oxygens (including phenoxy) is 3. The second-order valence-electron chi connectivity index (χ2n) is 4.86. The summed E-state index contributed by atoms with van der Waals surface area (Å²) >= 11 is 0. The molecule has 0 unspecified atom stereocenters. The lowest BCUT2D eigenvalue weighted by molar-refractivity contribution is -0.176. The zero-order chi connectivity index (χ0) is 14.7. The van der Waals surface area contributed by atoms with E-state index in [9.17, 15) is 14.7 Å². The molecule has 1 fully saturated rings. The van der Waals surface area contributed by atoms with Crippen LogP contribution in [0.5, 0.6) is 0 Å². The molecule has 0 aromatic rings. The molecule has 0 amide bonds. The van der Waals surface area contributed by atoms with Crippen LogP contribution in [0.3, 0.4) is 0 Å². The van der Waals surface area contributed by atoms with Crippen molar-refractivity contribution in [3.8, 4) is 0 Å². The number of esters is 1. The average molecular weight is 286 g/mol. The Kier molecular flexibility index (Phi) is 4.87. The first-order valence-corrected chi connectivity index (χ1v) is 6.48. The van der Waals surface area contributed by atoms with Crippen LogP contribution in [0.1, 0.15) is 13.3 Å². The quantitative estimate of drug-likeness (QED) is 0.649. The Balaban J connectivity index is 1.93. The number of carbonyl (C=O) groups excluding carboxylic acids is 2. The van der Waals surface area contributed by atoms with Crippen LogP contribution >= 0.6 is 0 Å². The van der Waals surface area contributed by atoms with Gasteiger partial charge in [-0.2, -0.15) is 0 Å². The van der Waals surface area contributed by atoms with Crippen LogP contribution in [-0.2, 0) is 23.8 Å². The Morgan fingerprint density at radius 2 is 2.30 bits per heavy atom. The maximum atomic E-state index is 11.5. The van der Waals surface area contributed by atoms with Crippen molar-refractivity contribution < 1.29 is 34.0 Å². The molecular formula is C13H18O7. The Morgan fingerprint density at radius 1 is 1.55 bits per heavy atom. The highest BCUT2D eigenvalue weighted by molar-refractivity contribution is 5.98. The Labute approximate surface area is 116 Å². The average Bonchev–Trinajstić information content (AvgIpc) is 2.91. The fourth-order valence-corrected chi connectivity index (χ4v) is 2.34. The van der Waals surface area contributed by atoms with Crippen LogP contribution in [0.4, 0.5) is 0 Å². The first kappa shape index (κ1) is 15.1. The summed E-state index contributed by atoms with van der Waals surface area (Å²) in [5.74, 6) is -1.15. The van der Waals surface area contributed by atoms with Crippen molar-refractivity contribution in [3.63, 3.8) is 0 Å². The molecule has 0 bridgehead atoms. The van der Waals surface area contributed by atoms with Gasteiger partial charge in [0, 0.05) is 5.92 Å². The summed E-state index contributed by atoms with van der Waals surface area (Å²) in [4.78, 5) is 23.0. The second-order valence-corrected chi connectivity index (χ2v) is 4.86. The van der Waals surface area contributed by atoms with Crippen LogP contribution in [-0.4, -0.2) is 60.3 Å². The van der Waals surface area contributed by atoms with Crippen molar-refractivity contribution in [1.29, 1.82) is 0 Å². The predicted octanol–water partition coefficient (Wildman–Crippen LogP) is -0.840. The largest absolute Gasteiger partial charge is 0.459 e. The Hall–Kier alpha value is -1.28. The SMILES string of the molecule is CC1=C[C@@H]([C@H]2CO[C@@H](C(=O)OCCO)O2)C[C@H](O)C1=O. The third-order valence-corrected chi connectivity index (χ3v) is 3.37. The van der Waals surface area contributed by atoms with Gasteiger partial charge in [0.2, 0.25) is 0 Å². The molecule has 2 aliphatic rings. The summed E-state index contributed by atoms with van der Waals surface area (Å²) < 4.78 is 15.4. The first-order chi connectivity index (χ1) is 9.52. The molecule has 0 aromatic heterocycles. The van der Waals surface area contributed by atoms with E-state index in [1.54, 1.807) is 13.0 Å². The summed E-state index contributed by atoms with van der Waals surface area (Å²) in [5.41, 5.74) is 0.489. The summed E-state index contributed by atoms with van der Waals surface area (Å²) in [6.45, 7) is 1.46. The molecule has 0 saturated carbocycles. The van der Waals surface area contributed by atoms with Gasteiger partial charge in [-0.25, -0.2) is 4.79 Å². The molecule has 1 aliphatic heterocycles. The number of Topliss-reactive ketones (excluding diaryl/α,β-unsaturated/α-hetero) is 1. The topological polar surface area (TPSA) is 102 Å².